The van der Waals surface area contributed by atoms with Crippen LogP contribution in [0.5, 0.6) is 0 Å². The molecule has 0 atom stereocenters. The molecule has 0 aliphatic carbocycles. The first-order chi connectivity index (χ1) is 9.06. The molecule has 0 aromatic heterocycles. The second kappa shape index (κ2) is 6.24. The zero-order chi connectivity index (χ0) is 13.8. The number of hydrazone groups is 1. The van der Waals surface area contributed by atoms with E-state index in [0.29, 0.717) is 20.8 Å². The van der Waals surface area contributed by atoms with Gasteiger partial charge in [0.15, 0.2) is 0 Å². The third-order valence-electron chi connectivity index (χ3n) is 2.27. The Bertz CT molecular complexity index is 589. The summed E-state index contributed by atoms with van der Waals surface area (Å²) in [6.07, 6.45) is 1.53. The van der Waals surface area contributed by atoms with Gasteiger partial charge in [0.05, 0.1) is 21.9 Å². The van der Waals surface area contributed by atoms with Gasteiger partial charge in [-0.1, -0.05) is 46.9 Å². The molecule has 98 valence electrons. The molecule has 0 fully saturated rings. The minimum absolute atomic E-state index is 0.297. The highest BCUT2D eigenvalue weighted by Gasteiger charge is 2.06. The minimum atomic E-state index is -0.297. The van der Waals surface area contributed by atoms with Gasteiger partial charge in [-0.3, -0.25) is 5.43 Å². The van der Waals surface area contributed by atoms with Crippen molar-refractivity contribution in [2.75, 3.05) is 5.43 Å². The second-order valence-corrected chi connectivity index (χ2v) is 4.92. The average molecular weight is 318 g/mol. The van der Waals surface area contributed by atoms with Crippen LogP contribution in [-0.2, 0) is 0 Å². The van der Waals surface area contributed by atoms with Crippen LogP contribution in [0.3, 0.4) is 0 Å². The lowest BCUT2D eigenvalue weighted by molar-refractivity contribution is 0.628. The van der Waals surface area contributed by atoms with Crippen molar-refractivity contribution >= 4 is 46.7 Å². The number of hydrogen-bond acceptors (Lipinski definition) is 2. The number of rotatable bonds is 3. The van der Waals surface area contributed by atoms with Gasteiger partial charge in [-0.2, -0.15) is 5.10 Å². The molecule has 0 unspecified atom stereocenters. The van der Waals surface area contributed by atoms with Crippen molar-refractivity contribution < 1.29 is 4.39 Å². The number of anilines is 1. The summed E-state index contributed by atoms with van der Waals surface area (Å²) in [5, 5.41) is 5.17. The molecule has 1 N–H and O–H groups in total. The van der Waals surface area contributed by atoms with Crippen LogP contribution in [0.25, 0.3) is 0 Å². The summed E-state index contributed by atoms with van der Waals surface area (Å²) in [6, 6.07) is 9.03. The molecule has 2 aromatic rings. The quantitative estimate of drug-likeness (QED) is 0.608. The van der Waals surface area contributed by atoms with Gasteiger partial charge in [0.1, 0.15) is 5.82 Å². The van der Waals surface area contributed by atoms with Gasteiger partial charge in [-0.05, 0) is 29.8 Å². The lowest BCUT2D eigenvalue weighted by Crippen LogP contribution is -1.93. The van der Waals surface area contributed by atoms with E-state index in [0.717, 1.165) is 5.56 Å². The molecule has 0 spiro atoms. The first-order valence-electron chi connectivity index (χ1n) is 5.25. The summed E-state index contributed by atoms with van der Waals surface area (Å²) in [5.41, 5.74) is 3.93. The lowest BCUT2D eigenvalue weighted by Gasteiger charge is -2.06. The Balaban J connectivity index is 2.12. The summed E-state index contributed by atoms with van der Waals surface area (Å²) >= 11 is 17.8. The predicted molar refractivity (Wildman–Crippen MR) is 79.1 cm³/mol. The van der Waals surface area contributed by atoms with Gasteiger partial charge >= 0.3 is 0 Å². The fourth-order valence-corrected chi connectivity index (χ4v) is 2.27. The maximum atomic E-state index is 12.7. The second-order valence-electron chi connectivity index (χ2n) is 3.67. The highest BCUT2D eigenvalue weighted by Crippen LogP contribution is 2.33. The number of hydrogen-bond donors (Lipinski definition) is 1. The molecule has 0 amide bonds. The molecule has 6 heteroatoms. The Morgan fingerprint density at radius 1 is 1.00 bits per heavy atom. The molecule has 0 aliphatic rings. The van der Waals surface area contributed by atoms with E-state index >= 15 is 0 Å². The van der Waals surface area contributed by atoms with Crippen molar-refractivity contribution in [1.29, 1.82) is 0 Å². The van der Waals surface area contributed by atoms with E-state index in [4.69, 9.17) is 34.8 Å². The summed E-state index contributed by atoms with van der Waals surface area (Å²) in [7, 11) is 0. The Hall–Kier alpha value is -1.29. The maximum Gasteiger partial charge on any atom is 0.123 e. The zero-order valence-electron chi connectivity index (χ0n) is 9.50. The standard InChI is InChI=1S/C13H8Cl3FN2/c14-9-5-11(15)13(12(16)6-9)19-18-7-8-1-3-10(17)4-2-8/h1-7,19H/b18-7+. The molecule has 0 heterocycles. The minimum Gasteiger partial charge on any atom is -0.275 e. The van der Waals surface area contributed by atoms with Crippen molar-refractivity contribution in [3.05, 3.63) is 62.8 Å². The number of nitrogens with one attached hydrogen (secondary N) is 1. The summed E-state index contributed by atoms with van der Waals surface area (Å²) in [6.45, 7) is 0. The van der Waals surface area contributed by atoms with Gasteiger partial charge < -0.3 is 0 Å². The van der Waals surface area contributed by atoms with Crippen LogP contribution in [-0.4, -0.2) is 6.21 Å². The summed E-state index contributed by atoms with van der Waals surface area (Å²) in [5.74, 6) is -0.297. The van der Waals surface area contributed by atoms with Crippen LogP contribution in [0.2, 0.25) is 15.1 Å². The Kier molecular flexibility index (Phi) is 4.64. The van der Waals surface area contributed by atoms with Crippen LogP contribution in [0, 0.1) is 5.82 Å². The van der Waals surface area contributed by atoms with E-state index in [2.05, 4.69) is 10.5 Å². The molecule has 0 radical (unpaired) electrons. The smallest absolute Gasteiger partial charge is 0.123 e. The monoisotopic (exact) mass is 316 g/mol. The molecular weight excluding hydrogens is 310 g/mol. The SMILES string of the molecule is Fc1ccc(/C=N/Nc2c(Cl)cc(Cl)cc2Cl)cc1. The molecule has 19 heavy (non-hydrogen) atoms. The highest BCUT2D eigenvalue weighted by atomic mass is 35.5. The molecule has 2 rings (SSSR count). The summed E-state index contributed by atoms with van der Waals surface area (Å²) < 4.78 is 12.7. The predicted octanol–water partition coefficient (Wildman–Crippen LogP) is 5.23. The normalized spacial score (nSPS) is 10.9. The fraction of sp³-hybridized carbons (Fsp3) is 0. The van der Waals surface area contributed by atoms with Gasteiger partial charge in [0.2, 0.25) is 0 Å². The van der Waals surface area contributed by atoms with Crippen molar-refractivity contribution in [3.63, 3.8) is 0 Å². The largest absolute Gasteiger partial charge is 0.275 e. The Morgan fingerprint density at radius 3 is 2.16 bits per heavy atom. The van der Waals surface area contributed by atoms with E-state index in [1.54, 1.807) is 24.3 Å². The van der Waals surface area contributed by atoms with E-state index in [1.807, 2.05) is 0 Å². The number of benzene rings is 2. The fourth-order valence-electron chi connectivity index (χ4n) is 1.37. The average Bonchev–Trinajstić information content (AvgIpc) is 2.34. The molecule has 0 saturated heterocycles. The zero-order valence-corrected chi connectivity index (χ0v) is 11.8. The first-order valence-corrected chi connectivity index (χ1v) is 6.39. The molecule has 2 aromatic carbocycles. The highest BCUT2D eigenvalue weighted by molar-refractivity contribution is 6.41. The molecule has 0 aliphatic heterocycles. The van der Waals surface area contributed by atoms with Gasteiger partial charge in [-0.15, -0.1) is 0 Å². The summed E-state index contributed by atoms with van der Waals surface area (Å²) in [4.78, 5) is 0. The third kappa shape index (κ3) is 3.83. The van der Waals surface area contributed by atoms with Gasteiger partial charge in [-0.25, -0.2) is 4.39 Å². The molecule has 0 bridgehead atoms. The van der Waals surface area contributed by atoms with E-state index < -0.39 is 0 Å². The van der Waals surface area contributed by atoms with E-state index in [-0.39, 0.29) is 5.82 Å². The van der Waals surface area contributed by atoms with Crippen LogP contribution >= 0.6 is 34.8 Å². The molecular formula is C13H8Cl3FN2. The lowest BCUT2D eigenvalue weighted by atomic mass is 10.2. The van der Waals surface area contributed by atoms with Gasteiger partial charge in [0.25, 0.3) is 0 Å². The number of nitrogens with zero attached hydrogens (tertiary/aromatic N) is 1. The van der Waals surface area contributed by atoms with Crippen LogP contribution in [0.1, 0.15) is 5.56 Å². The van der Waals surface area contributed by atoms with Crippen LogP contribution < -0.4 is 5.43 Å². The van der Waals surface area contributed by atoms with E-state index in [9.17, 15) is 4.39 Å². The third-order valence-corrected chi connectivity index (χ3v) is 3.08. The maximum absolute atomic E-state index is 12.7. The van der Waals surface area contributed by atoms with Crippen molar-refractivity contribution in [2.45, 2.75) is 0 Å². The number of halogens is 4. The first kappa shape index (κ1) is 14.1. The topological polar surface area (TPSA) is 24.4 Å². The molecule has 0 saturated carbocycles. The van der Waals surface area contributed by atoms with Crippen molar-refractivity contribution in [3.8, 4) is 0 Å². The van der Waals surface area contributed by atoms with Crippen molar-refractivity contribution in [2.24, 2.45) is 5.10 Å². The van der Waals surface area contributed by atoms with E-state index in [1.165, 1.54) is 18.3 Å². The van der Waals surface area contributed by atoms with Crippen molar-refractivity contribution in [1.82, 2.24) is 0 Å². The van der Waals surface area contributed by atoms with Gasteiger partial charge in [0, 0.05) is 5.02 Å². The Labute approximate surface area is 124 Å². The molecule has 2 nitrogen and oxygen atoms in total. The van der Waals surface area contributed by atoms with Crippen LogP contribution in [0.4, 0.5) is 10.1 Å². The van der Waals surface area contributed by atoms with Crippen LogP contribution in [0.15, 0.2) is 41.5 Å². The Morgan fingerprint density at radius 2 is 1.58 bits per heavy atom.